The van der Waals surface area contributed by atoms with Crippen LogP contribution in [0.3, 0.4) is 0 Å². The quantitative estimate of drug-likeness (QED) is 0.891. The van der Waals surface area contributed by atoms with Gasteiger partial charge in [-0.2, -0.15) is 0 Å². The lowest BCUT2D eigenvalue weighted by atomic mass is 10.2. The Bertz CT molecular complexity index is 480. The van der Waals surface area contributed by atoms with Crippen molar-refractivity contribution in [1.82, 2.24) is 24.5 Å². The van der Waals surface area contributed by atoms with Crippen molar-refractivity contribution in [2.75, 3.05) is 0 Å². The number of aromatic nitrogens is 4. The van der Waals surface area contributed by atoms with Gasteiger partial charge >= 0.3 is 0 Å². The topological polar surface area (TPSA) is 80.7 Å². The largest absolute Gasteiger partial charge is 0.343 e. The highest BCUT2D eigenvalue weighted by Gasteiger charge is 2.17. The van der Waals surface area contributed by atoms with Gasteiger partial charge in [0, 0.05) is 5.38 Å². The van der Waals surface area contributed by atoms with E-state index in [2.05, 4.69) is 24.5 Å². The van der Waals surface area contributed by atoms with Crippen molar-refractivity contribution in [3.8, 4) is 0 Å². The van der Waals surface area contributed by atoms with Crippen molar-refractivity contribution < 1.29 is 4.79 Å². The SMILES string of the molecule is Cc1nnsc1C(=O)N[C@@H](C)c1csnn1. The molecule has 2 aromatic rings. The number of rotatable bonds is 3. The fourth-order valence-electron chi connectivity index (χ4n) is 1.14. The fourth-order valence-corrected chi connectivity index (χ4v) is 2.24. The molecular weight excluding hydrogens is 246 g/mol. The molecule has 0 aliphatic rings. The molecule has 0 saturated heterocycles. The molecule has 1 atom stereocenters. The van der Waals surface area contributed by atoms with Gasteiger partial charge in [-0.1, -0.05) is 8.98 Å². The van der Waals surface area contributed by atoms with Gasteiger partial charge in [0.2, 0.25) is 0 Å². The number of nitrogens with one attached hydrogen (secondary N) is 1. The van der Waals surface area contributed by atoms with Gasteiger partial charge in [-0.3, -0.25) is 4.79 Å². The molecular formula is C8H9N5OS2. The van der Waals surface area contributed by atoms with Crippen molar-refractivity contribution in [1.29, 1.82) is 0 Å². The van der Waals surface area contributed by atoms with E-state index < -0.39 is 0 Å². The Kier molecular flexibility index (Phi) is 3.20. The maximum Gasteiger partial charge on any atom is 0.265 e. The van der Waals surface area contributed by atoms with Crippen LogP contribution in [0.15, 0.2) is 5.38 Å². The standard InChI is InChI=1S/C8H9N5OS2/c1-4(6-3-15-12-11-6)9-8(14)7-5(2)10-13-16-7/h3-4H,1-2H3,(H,9,14)/t4-/m0/s1. The highest BCUT2D eigenvalue weighted by Crippen LogP contribution is 2.13. The van der Waals surface area contributed by atoms with Crippen LogP contribution in [0.4, 0.5) is 0 Å². The predicted molar refractivity (Wildman–Crippen MR) is 60.4 cm³/mol. The van der Waals surface area contributed by atoms with Crippen LogP contribution in [0, 0.1) is 6.92 Å². The number of carbonyl (C=O) groups is 1. The molecule has 0 bridgehead atoms. The van der Waals surface area contributed by atoms with Gasteiger partial charge in [0.25, 0.3) is 5.91 Å². The molecule has 2 rings (SSSR count). The number of aryl methyl sites for hydroxylation is 1. The van der Waals surface area contributed by atoms with E-state index in [1.807, 2.05) is 12.3 Å². The van der Waals surface area contributed by atoms with Crippen LogP contribution in [-0.4, -0.2) is 25.1 Å². The molecule has 0 spiro atoms. The summed E-state index contributed by atoms with van der Waals surface area (Å²) in [6, 6.07) is -0.159. The van der Waals surface area contributed by atoms with Gasteiger partial charge in [-0.15, -0.1) is 10.2 Å². The molecule has 0 aliphatic carbocycles. The second-order valence-corrected chi connectivity index (χ2v) is 4.58. The van der Waals surface area contributed by atoms with Gasteiger partial charge < -0.3 is 5.32 Å². The summed E-state index contributed by atoms with van der Waals surface area (Å²) in [5, 5.41) is 12.3. The lowest BCUT2D eigenvalue weighted by Crippen LogP contribution is -2.26. The molecule has 0 fully saturated rings. The first-order chi connectivity index (χ1) is 7.68. The van der Waals surface area contributed by atoms with E-state index in [0.717, 1.165) is 17.2 Å². The molecule has 6 nitrogen and oxygen atoms in total. The molecule has 0 aliphatic heterocycles. The zero-order valence-corrected chi connectivity index (χ0v) is 10.3. The van der Waals surface area contributed by atoms with Gasteiger partial charge in [0.1, 0.15) is 4.88 Å². The van der Waals surface area contributed by atoms with E-state index in [9.17, 15) is 4.79 Å². The lowest BCUT2D eigenvalue weighted by molar-refractivity contribution is 0.0942. The number of hydrogen-bond acceptors (Lipinski definition) is 7. The first kappa shape index (κ1) is 11.1. The van der Waals surface area contributed by atoms with Gasteiger partial charge in [-0.25, -0.2) is 0 Å². The fraction of sp³-hybridized carbons (Fsp3) is 0.375. The molecule has 2 aromatic heterocycles. The number of amides is 1. The second-order valence-electron chi connectivity index (χ2n) is 3.21. The van der Waals surface area contributed by atoms with Crippen LogP contribution in [0.25, 0.3) is 0 Å². The summed E-state index contributed by atoms with van der Waals surface area (Å²) in [5.41, 5.74) is 1.40. The summed E-state index contributed by atoms with van der Waals surface area (Å²) >= 11 is 2.35. The first-order valence-electron chi connectivity index (χ1n) is 4.55. The third-order valence-electron chi connectivity index (χ3n) is 2.03. The van der Waals surface area contributed by atoms with Crippen LogP contribution in [0.1, 0.15) is 34.0 Å². The van der Waals surface area contributed by atoms with Crippen LogP contribution in [0.2, 0.25) is 0 Å². The zero-order chi connectivity index (χ0) is 11.5. The Balaban J connectivity index is 2.06. The van der Waals surface area contributed by atoms with Crippen molar-refractivity contribution in [3.63, 3.8) is 0 Å². The van der Waals surface area contributed by atoms with E-state index in [0.29, 0.717) is 10.6 Å². The summed E-state index contributed by atoms with van der Waals surface area (Å²) in [5.74, 6) is -0.173. The summed E-state index contributed by atoms with van der Waals surface area (Å²) in [4.78, 5) is 12.3. The van der Waals surface area contributed by atoms with E-state index in [1.54, 1.807) is 6.92 Å². The van der Waals surface area contributed by atoms with Gasteiger partial charge in [0.15, 0.2) is 0 Å². The first-order valence-corrected chi connectivity index (χ1v) is 6.16. The molecule has 0 saturated carbocycles. The van der Waals surface area contributed by atoms with E-state index in [-0.39, 0.29) is 11.9 Å². The zero-order valence-electron chi connectivity index (χ0n) is 8.67. The number of hydrogen-bond donors (Lipinski definition) is 1. The molecule has 2 heterocycles. The summed E-state index contributed by atoms with van der Waals surface area (Å²) in [6.45, 7) is 3.62. The average molecular weight is 255 g/mol. The third-order valence-corrected chi connectivity index (χ3v) is 3.38. The normalized spacial score (nSPS) is 12.4. The molecule has 8 heteroatoms. The highest BCUT2D eigenvalue weighted by molar-refractivity contribution is 7.08. The monoisotopic (exact) mass is 255 g/mol. The highest BCUT2D eigenvalue weighted by atomic mass is 32.1. The lowest BCUT2D eigenvalue weighted by Gasteiger charge is -2.09. The van der Waals surface area contributed by atoms with Crippen LogP contribution < -0.4 is 5.32 Å². The minimum Gasteiger partial charge on any atom is -0.343 e. The predicted octanol–water partition coefficient (Wildman–Crippen LogP) is 1.19. The minimum atomic E-state index is -0.173. The van der Waals surface area contributed by atoms with Crippen LogP contribution in [-0.2, 0) is 0 Å². The molecule has 1 N–H and O–H groups in total. The van der Waals surface area contributed by atoms with E-state index in [1.165, 1.54) is 11.5 Å². The Hall–Kier alpha value is -1.41. The molecule has 0 radical (unpaired) electrons. The maximum absolute atomic E-state index is 11.8. The minimum absolute atomic E-state index is 0.159. The van der Waals surface area contributed by atoms with Crippen LogP contribution >= 0.6 is 23.1 Å². The maximum atomic E-state index is 11.8. The molecule has 84 valence electrons. The molecule has 0 aromatic carbocycles. The number of nitrogens with zero attached hydrogens (tertiary/aromatic N) is 4. The Morgan fingerprint density at radius 3 is 2.81 bits per heavy atom. The van der Waals surface area contributed by atoms with E-state index >= 15 is 0 Å². The Labute approximate surface area is 100 Å². The summed E-state index contributed by atoms with van der Waals surface area (Å²) in [6.07, 6.45) is 0. The van der Waals surface area contributed by atoms with Crippen molar-refractivity contribution in [2.24, 2.45) is 0 Å². The average Bonchev–Trinajstić information content (AvgIpc) is 2.86. The Morgan fingerprint density at radius 2 is 2.25 bits per heavy atom. The molecule has 1 amide bonds. The van der Waals surface area contributed by atoms with Crippen molar-refractivity contribution in [2.45, 2.75) is 19.9 Å². The second kappa shape index (κ2) is 4.62. The molecule has 0 unspecified atom stereocenters. The van der Waals surface area contributed by atoms with Gasteiger partial charge in [0.05, 0.1) is 17.4 Å². The Morgan fingerprint density at radius 1 is 1.44 bits per heavy atom. The molecule has 16 heavy (non-hydrogen) atoms. The van der Waals surface area contributed by atoms with Crippen LogP contribution in [0.5, 0.6) is 0 Å². The van der Waals surface area contributed by atoms with Crippen molar-refractivity contribution in [3.05, 3.63) is 21.6 Å². The number of carbonyl (C=O) groups excluding carboxylic acids is 1. The summed E-state index contributed by atoms with van der Waals surface area (Å²) < 4.78 is 7.47. The third kappa shape index (κ3) is 2.22. The smallest absolute Gasteiger partial charge is 0.265 e. The van der Waals surface area contributed by atoms with E-state index in [4.69, 9.17) is 0 Å². The van der Waals surface area contributed by atoms with Crippen molar-refractivity contribution >= 4 is 29.0 Å². The summed E-state index contributed by atoms with van der Waals surface area (Å²) in [7, 11) is 0. The van der Waals surface area contributed by atoms with Gasteiger partial charge in [-0.05, 0) is 36.9 Å².